The van der Waals surface area contributed by atoms with Gasteiger partial charge in [-0.2, -0.15) is 0 Å². The molecule has 0 atom stereocenters. The van der Waals surface area contributed by atoms with E-state index in [1.807, 2.05) is 12.1 Å². The highest BCUT2D eigenvalue weighted by atomic mass is 32.2. The van der Waals surface area contributed by atoms with Gasteiger partial charge in [0.15, 0.2) is 9.84 Å². The van der Waals surface area contributed by atoms with E-state index in [4.69, 9.17) is 0 Å². The summed E-state index contributed by atoms with van der Waals surface area (Å²) in [4.78, 5) is 11.0. The van der Waals surface area contributed by atoms with Crippen LogP contribution < -0.4 is 5.32 Å². The molecule has 0 aliphatic heterocycles. The van der Waals surface area contributed by atoms with E-state index in [1.54, 1.807) is 20.8 Å². The molecule has 0 saturated heterocycles. The molecule has 1 aliphatic rings. The maximum Gasteiger partial charge on any atom is 0.221 e. The average molecular weight is 380 g/mol. The van der Waals surface area contributed by atoms with Crippen LogP contribution in [0.1, 0.15) is 65.4 Å². The molecule has 2 rings (SSSR count). The fourth-order valence-electron chi connectivity index (χ4n) is 3.58. The first kappa shape index (κ1) is 20.9. The van der Waals surface area contributed by atoms with Gasteiger partial charge in [-0.15, -0.1) is 0 Å². The zero-order valence-corrected chi connectivity index (χ0v) is 17.4. The Labute approximate surface area is 158 Å². The molecular formula is C21H33NO3S. The number of nitrogens with one attached hydrogen (secondary N) is 1. The summed E-state index contributed by atoms with van der Waals surface area (Å²) in [5.41, 5.74) is 2.12. The van der Waals surface area contributed by atoms with Gasteiger partial charge in [0.25, 0.3) is 0 Å². The van der Waals surface area contributed by atoms with Gasteiger partial charge in [-0.25, -0.2) is 8.42 Å². The van der Waals surface area contributed by atoms with Gasteiger partial charge in [0.2, 0.25) is 5.91 Å². The van der Waals surface area contributed by atoms with Crippen molar-refractivity contribution in [2.45, 2.75) is 71.0 Å². The van der Waals surface area contributed by atoms with Crippen molar-refractivity contribution in [1.29, 1.82) is 0 Å². The molecule has 5 heteroatoms. The lowest BCUT2D eigenvalue weighted by Gasteiger charge is -2.30. The zero-order chi connectivity index (χ0) is 19.4. The van der Waals surface area contributed by atoms with Crippen LogP contribution in [0.5, 0.6) is 0 Å². The Balaban J connectivity index is 1.76. The molecule has 26 heavy (non-hydrogen) atoms. The summed E-state index contributed by atoms with van der Waals surface area (Å²) in [5, 5.41) is 2.78. The maximum absolute atomic E-state index is 12.4. The second-order valence-electron chi connectivity index (χ2n) is 8.70. The largest absolute Gasteiger partial charge is 0.326 e. The van der Waals surface area contributed by atoms with Gasteiger partial charge in [-0.3, -0.25) is 4.79 Å². The van der Waals surface area contributed by atoms with Gasteiger partial charge in [0.05, 0.1) is 10.5 Å². The number of carbonyl (C=O) groups excluding carboxylic acids is 1. The van der Waals surface area contributed by atoms with Crippen molar-refractivity contribution in [3.63, 3.8) is 0 Å². The van der Waals surface area contributed by atoms with Crippen LogP contribution >= 0.6 is 0 Å². The number of sulfone groups is 1. The number of carbonyl (C=O) groups is 1. The SMILES string of the molecule is CC(=O)Nc1ccc(CCC2CCC(CS(=O)(=O)C(C)(C)C)CC2)cc1. The molecule has 1 aromatic carbocycles. The van der Waals surface area contributed by atoms with E-state index >= 15 is 0 Å². The minimum atomic E-state index is -3.01. The number of aryl methyl sites for hydroxylation is 1. The number of anilines is 1. The topological polar surface area (TPSA) is 63.2 Å². The van der Waals surface area contributed by atoms with Crippen molar-refractivity contribution >= 4 is 21.4 Å². The van der Waals surface area contributed by atoms with Gasteiger partial charge in [0.1, 0.15) is 0 Å². The molecule has 4 nitrogen and oxygen atoms in total. The summed E-state index contributed by atoms with van der Waals surface area (Å²) in [6, 6.07) is 8.05. The van der Waals surface area contributed by atoms with E-state index in [9.17, 15) is 13.2 Å². The van der Waals surface area contributed by atoms with E-state index in [2.05, 4.69) is 17.4 Å². The van der Waals surface area contributed by atoms with Crippen LogP contribution in [0, 0.1) is 11.8 Å². The molecule has 1 fully saturated rings. The third-order valence-electron chi connectivity index (χ3n) is 5.47. The third kappa shape index (κ3) is 6.11. The highest BCUT2D eigenvalue weighted by molar-refractivity contribution is 7.92. The number of hydrogen-bond acceptors (Lipinski definition) is 3. The lowest BCUT2D eigenvalue weighted by atomic mass is 9.80. The van der Waals surface area contributed by atoms with Crippen molar-refractivity contribution < 1.29 is 13.2 Å². The molecule has 146 valence electrons. The minimum absolute atomic E-state index is 0.0528. The molecule has 0 unspecified atom stereocenters. The van der Waals surface area contributed by atoms with Crippen molar-refractivity contribution in [2.75, 3.05) is 11.1 Å². The van der Waals surface area contributed by atoms with Crippen LogP contribution in [0.15, 0.2) is 24.3 Å². The number of amides is 1. The average Bonchev–Trinajstić information content (AvgIpc) is 2.54. The molecule has 0 radical (unpaired) electrons. The molecule has 1 amide bonds. The Morgan fingerprint density at radius 2 is 1.58 bits per heavy atom. The predicted octanol–water partition coefficient (Wildman–Crippen LogP) is 4.60. The molecule has 0 heterocycles. The lowest BCUT2D eigenvalue weighted by molar-refractivity contribution is -0.114. The molecule has 0 spiro atoms. The normalized spacial score (nSPS) is 21.4. The van der Waals surface area contributed by atoms with Crippen LogP contribution in [0.25, 0.3) is 0 Å². The van der Waals surface area contributed by atoms with Crippen LogP contribution in [0.2, 0.25) is 0 Å². The summed E-state index contributed by atoms with van der Waals surface area (Å²) in [7, 11) is -3.01. The van der Waals surface area contributed by atoms with Crippen molar-refractivity contribution in [3.8, 4) is 0 Å². The predicted molar refractivity (Wildman–Crippen MR) is 108 cm³/mol. The van der Waals surface area contributed by atoms with Crippen LogP contribution in [0.4, 0.5) is 5.69 Å². The summed E-state index contributed by atoms with van der Waals surface area (Å²) < 4.78 is 24.1. The van der Waals surface area contributed by atoms with E-state index in [0.29, 0.717) is 17.6 Å². The summed E-state index contributed by atoms with van der Waals surface area (Å²) in [5.74, 6) is 1.31. The van der Waals surface area contributed by atoms with Gasteiger partial charge in [0, 0.05) is 12.6 Å². The quantitative estimate of drug-likeness (QED) is 0.786. The van der Waals surface area contributed by atoms with Crippen molar-refractivity contribution in [1.82, 2.24) is 0 Å². The fraction of sp³-hybridized carbons (Fsp3) is 0.667. The lowest BCUT2D eigenvalue weighted by Crippen LogP contribution is -2.34. The Hall–Kier alpha value is -1.36. The fourth-order valence-corrected chi connectivity index (χ4v) is 5.03. The third-order valence-corrected chi connectivity index (χ3v) is 8.25. The minimum Gasteiger partial charge on any atom is -0.326 e. The Kier molecular flexibility index (Phi) is 6.89. The number of benzene rings is 1. The molecule has 0 bridgehead atoms. The highest BCUT2D eigenvalue weighted by Gasteiger charge is 2.33. The molecule has 1 aliphatic carbocycles. The first-order valence-corrected chi connectivity index (χ1v) is 11.3. The Morgan fingerprint density at radius 3 is 2.08 bits per heavy atom. The van der Waals surface area contributed by atoms with E-state index < -0.39 is 14.6 Å². The monoisotopic (exact) mass is 379 g/mol. The van der Waals surface area contributed by atoms with E-state index in [1.165, 1.54) is 12.5 Å². The van der Waals surface area contributed by atoms with Crippen LogP contribution in [-0.2, 0) is 21.1 Å². The van der Waals surface area contributed by atoms with Crippen molar-refractivity contribution in [2.24, 2.45) is 11.8 Å². The standard InChI is InChI=1S/C21H33NO3S/c1-16(23)22-20-13-11-18(12-14-20)6-5-17-7-9-19(10-8-17)15-26(24,25)21(2,3)4/h11-14,17,19H,5-10,15H2,1-4H3,(H,22,23). The van der Waals surface area contributed by atoms with Gasteiger partial charge in [-0.05, 0) is 76.0 Å². The van der Waals surface area contributed by atoms with Crippen molar-refractivity contribution in [3.05, 3.63) is 29.8 Å². The van der Waals surface area contributed by atoms with Gasteiger partial charge >= 0.3 is 0 Å². The maximum atomic E-state index is 12.4. The Bertz CT molecular complexity index is 694. The molecular weight excluding hydrogens is 346 g/mol. The first-order valence-electron chi connectivity index (χ1n) is 9.65. The second-order valence-corrected chi connectivity index (χ2v) is 11.5. The summed E-state index contributed by atoms with van der Waals surface area (Å²) in [6.45, 7) is 6.90. The van der Waals surface area contributed by atoms with Gasteiger partial charge < -0.3 is 5.32 Å². The second kappa shape index (κ2) is 8.55. The van der Waals surface area contributed by atoms with E-state index in [-0.39, 0.29) is 5.91 Å². The number of hydrogen-bond donors (Lipinski definition) is 1. The smallest absolute Gasteiger partial charge is 0.221 e. The molecule has 1 N–H and O–H groups in total. The van der Waals surface area contributed by atoms with Gasteiger partial charge in [-0.1, -0.05) is 25.0 Å². The van der Waals surface area contributed by atoms with Crippen LogP contribution in [-0.4, -0.2) is 24.8 Å². The number of rotatable bonds is 6. The van der Waals surface area contributed by atoms with Crippen LogP contribution in [0.3, 0.4) is 0 Å². The first-order chi connectivity index (χ1) is 12.1. The molecule has 1 aromatic rings. The Morgan fingerprint density at radius 1 is 1.04 bits per heavy atom. The summed E-state index contributed by atoms with van der Waals surface area (Å²) >= 11 is 0. The summed E-state index contributed by atoms with van der Waals surface area (Å²) in [6.07, 6.45) is 6.51. The zero-order valence-electron chi connectivity index (χ0n) is 16.5. The highest BCUT2D eigenvalue weighted by Crippen LogP contribution is 2.34. The molecule has 1 saturated carbocycles. The molecule has 0 aromatic heterocycles. The van der Waals surface area contributed by atoms with E-state index in [0.717, 1.165) is 44.2 Å².